The summed E-state index contributed by atoms with van der Waals surface area (Å²) in [5.74, 6) is 0.638. The van der Waals surface area contributed by atoms with Crippen molar-refractivity contribution in [3.8, 4) is 0 Å². The molecule has 6 nitrogen and oxygen atoms in total. The van der Waals surface area contributed by atoms with Crippen molar-refractivity contribution in [2.24, 2.45) is 5.92 Å². The molecule has 0 radical (unpaired) electrons. The van der Waals surface area contributed by atoms with Gasteiger partial charge < -0.3 is 4.90 Å². The van der Waals surface area contributed by atoms with E-state index in [2.05, 4.69) is 22.0 Å². The average molecular weight is 335 g/mol. The topological polar surface area (TPSA) is 63.9 Å². The molecule has 0 aromatic carbocycles. The number of nitrogens with zero attached hydrogens (tertiary/aromatic N) is 5. The van der Waals surface area contributed by atoms with E-state index >= 15 is 0 Å². The minimum absolute atomic E-state index is 0.0638. The van der Waals surface area contributed by atoms with Crippen molar-refractivity contribution in [2.75, 3.05) is 11.4 Å². The fraction of sp³-hybridized carbons (Fsp3) is 0.368. The van der Waals surface area contributed by atoms with Gasteiger partial charge in [0.05, 0.1) is 17.8 Å². The molecule has 6 heteroatoms. The molecular formula is C19H21N5O. The number of carbonyl (C=O) groups is 1. The SMILES string of the molecule is CCN(C(=O)c1cnc2c(cnn2C(C)C2CC2)c1)c1ccncc1. The van der Waals surface area contributed by atoms with Gasteiger partial charge in [0.1, 0.15) is 0 Å². The summed E-state index contributed by atoms with van der Waals surface area (Å²) in [6.07, 6.45) is 9.37. The molecular weight excluding hydrogens is 314 g/mol. The molecule has 128 valence electrons. The van der Waals surface area contributed by atoms with Crippen LogP contribution in [-0.4, -0.2) is 32.2 Å². The largest absolute Gasteiger partial charge is 0.308 e. The van der Waals surface area contributed by atoms with Gasteiger partial charge in [-0.1, -0.05) is 0 Å². The maximum atomic E-state index is 12.9. The van der Waals surface area contributed by atoms with Crippen molar-refractivity contribution < 1.29 is 4.79 Å². The van der Waals surface area contributed by atoms with Gasteiger partial charge in [-0.15, -0.1) is 0 Å². The van der Waals surface area contributed by atoms with E-state index in [0.29, 0.717) is 24.1 Å². The number of anilines is 1. The fourth-order valence-corrected chi connectivity index (χ4v) is 3.26. The van der Waals surface area contributed by atoms with Gasteiger partial charge in [0.25, 0.3) is 5.91 Å². The van der Waals surface area contributed by atoms with E-state index in [-0.39, 0.29) is 5.91 Å². The maximum absolute atomic E-state index is 12.9. The van der Waals surface area contributed by atoms with Crippen LogP contribution in [0.4, 0.5) is 5.69 Å². The van der Waals surface area contributed by atoms with E-state index in [0.717, 1.165) is 16.7 Å². The highest BCUT2D eigenvalue weighted by molar-refractivity contribution is 6.07. The van der Waals surface area contributed by atoms with Gasteiger partial charge >= 0.3 is 0 Å². The number of rotatable bonds is 5. The molecule has 0 spiro atoms. The highest BCUT2D eigenvalue weighted by Crippen LogP contribution is 2.40. The predicted octanol–water partition coefficient (Wildman–Crippen LogP) is 3.46. The average Bonchev–Trinajstić information content (AvgIpc) is 3.41. The number of fused-ring (bicyclic) bond motifs is 1. The zero-order valence-electron chi connectivity index (χ0n) is 14.5. The lowest BCUT2D eigenvalue weighted by Crippen LogP contribution is -2.30. The normalized spacial score (nSPS) is 15.3. The van der Waals surface area contributed by atoms with Gasteiger partial charge in [-0.2, -0.15) is 5.10 Å². The summed E-state index contributed by atoms with van der Waals surface area (Å²) in [6, 6.07) is 5.92. The zero-order valence-corrected chi connectivity index (χ0v) is 14.5. The third kappa shape index (κ3) is 2.88. The first kappa shape index (κ1) is 15.7. The number of aromatic nitrogens is 4. The fourth-order valence-electron chi connectivity index (χ4n) is 3.26. The minimum atomic E-state index is -0.0638. The van der Waals surface area contributed by atoms with Crippen LogP contribution in [0.2, 0.25) is 0 Å². The Morgan fingerprint density at radius 3 is 2.76 bits per heavy atom. The molecule has 0 aliphatic heterocycles. The third-order valence-corrected chi connectivity index (χ3v) is 4.91. The minimum Gasteiger partial charge on any atom is -0.308 e. The lowest BCUT2D eigenvalue weighted by Gasteiger charge is -2.20. The Balaban J connectivity index is 1.66. The van der Waals surface area contributed by atoms with Gasteiger partial charge in [-0.05, 0) is 50.8 Å². The third-order valence-electron chi connectivity index (χ3n) is 4.91. The monoisotopic (exact) mass is 335 g/mol. The van der Waals surface area contributed by atoms with Crippen molar-refractivity contribution >= 4 is 22.6 Å². The Hall–Kier alpha value is -2.76. The number of pyridine rings is 2. The van der Waals surface area contributed by atoms with Crippen LogP contribution >= 0.6 is 0 Å². The lowest BCUT2D eigenvalue weighted by molar-refractivity contribution is 0.0988. The Kier molecular flexibility index (Phi) is 3.95. The van der Waals surface area contributed by atoms with Crippen molar-refractivity contribution in [2.45, 2.75) is 32.7 Å². The molecule has 1 aliphatic rings. The van der Waals surface area contributed by atoms with E-state index in [1.54, 1.807) is 29.7 Å². The molecule has 25 heavy (non-hydrogen) atoms. The summed E-state index contributed by atoms with van der Waals surface area (Å²) in [4.78, 5) is 23.2. The summed E-state index contributed by atoms with van der Waals surface area (Å²) in [6.45, 7) is 4.73. The molecule has 0 saturated heterocycles. The summed E-state index contributed by atoms with van der Waals surface area (Å²) in [7, 11) is 0. The van der Waals surface area contributed by atoms with E-state index in [1.807, 2.05) is 29.8 Å². The molecule has 4 rings (SSSR count). The molecule has 0 bridgehead atoms. The molecule has 1 fully saturated rings. The molecule has 3 aromatic rings. The number of hydrogen-bond acceptors (Lipinski definition) is 4. The van der Waals surface area contributed by atoms with Crippen molar-refractivity contribution in [3.05, 3.63) is 48.5 Å². The van der Waals surface area contributed by atoms with Gasteiger partial charge in [-0.3, -0.25) is 9.78 Å². The van der Waals surface area contributed by atoms with Crippen LogP contribution in [0.5, 0.6) is 0 Å². The first-order valence-corrected chi connectivity index (χ1v) is 8.74. The first-order chi connectivity index (χ1) is 12.2. The highest BCUT2D eigenvalue weighted by Gasteiger charge is 2.30. The second-order valence-electron chi connectivity index (χ2n) is 6.56. The maximum Gasteiger partial charge on any atom is 0.259 e. The summed E-state index contributed by atoms with van der Waals surface area (Å²) in [5, 5.41) is 5.41. The van der Waals surface area contributed by atoms with Crippen molar-refractivity contribution in [3.63, 3.8) is 0 Å². The van der Waals surface area contributed by atoms with Crippen LogP contribution in [0.3, 0.4) is 0 Å². The van der Waals surface area contributed by atoms with Crippen LogP contribution < -0.4 is 4.90 Å². The summed E-state index contributed by atoms with van der Waals surface area (Å²) in [5.41, 5.74) is 2.26. The lowest BCUT2D eigenvalue weighted by atomic mass is 10.2. The van der Waals surface area contributed by atoms with Gasteiger partial charge in [0.2, 0.25) is 0 Å². The number of carbonyl (C=O) groups excluding carboxylic acids is 1. The number of hydrogen-bond donors (Lipinski definition) is 0. The standard InChI is InChI=1S/C19H21N5O/c1-3-23(17-6-8-20-9-7-17)19(25)16-10-15-12-22-24(18(15)21-11-16)13(2)14-4-5-14/h6-14H,3-5H2,1-2H3. The quantitative estimate of drug-likeness (QED) is 0.716. The molecule has 3 heterocycles. The van der Waals surface area contributed by atoms with Crippen molar-refractivity contribution in [1.82, 2.24) is 19.7 Å². The van der Waals surface area contributed by atoms with Crippen LogP contribution in [0, 0.1) is 5.92 Å². The van der Waals surface area contributed by atoms with Gasteiger partial charge in [-0.25, -0.2) is 9.67 Å². The van der Waals surface area contributed by atoms with Crippen LogP contribution in [0.25, 0.3) is 11.0 Å². The second kappa shape index (κ2) is 6.27. The Labute approximate surface area is 146 Å². The molecule has 3 aromatic heterocycles. The van der Waals surface area contributed by atoms with E-state index < -0.39 is 0 Å². The molecule has 1 atom stereocenters. The Bertz CT molecular complexity index is 901. The zero-order chi connectivity index (χ0) is 17.4. The molecule has 0 N–H and O–H groups in total. The molecule has 1 unspecified atom stereocenters. The van der Waals surface area contributed by atoms with Gasteiger partial charge in [0.15, 0.2) is 5.65 Å². The van der Waals surface area contributed by atoms with E-state index in [4.69, 9.17) is 0 Å². The molecule has 1 amide bonds. The summed E-state index contributed by atoms with van der Waals surface area (Å²) >= 11 is 0. The molecule has 1 saturated carbocycles. The molecule has 1 aliphatic carbocycles. The Morgan fingerprint density at radius 1 is 1.32 bits per heavy atom. The van der Waals surface area contributed by atoms with Crippen LogP contribution in [0.15, 0.2) is 43.0 Å². The van der Waals surface area contributed by atoms with Gasteiger partial charge in [0, 0.05) is 36.2 Å². The second-order valence-corrected chi connectivity index (χ2v) is 6.56. The van der Waals surface area contributed by atoms with E-state index in [1.165, 1.54) is 12.8 Å². The Morgan fingerprint density at radius 2 is 2.08 bits per heavy atom. The van der Waals surface area contributed by atoms with Crippen LogP contribution in [-0.2, 0) is 0 Å². The highest BCUT2D eigenvalue weighted by atomic mass is 16.2. The smallest absolute Gasteiger partial charge is 0.259 e. The van der Waals surface area contributed by atoms with Crippen LogP contribution in [0.1, 0.15) is 43.1 Å². The summed E-state index contributed by atoms with van der Waals surface area (Å²) < 4.78 is 1.99. The van der Waals surface area contributed by atoms with Crippen molar-refractivity contribution in [1.29, 1.82) is 0 Å². The number of amides is 1. The predicted molar refractivity (Wildman–Crippen MR) is 96.6 cm³/mol. The first-order valence-electron chi connectivity index (χ1n) is 8.74. The van der Waals surface area contributed by atoms with E-state index in [9.17, 15) is 4.79 Å².